The Kier molecular flexibility index (Phi) is 71.5. The average Bonchev–Trinajstić information content (AvgIpc) is 1.81. The molecule has 0 spiro atoms. The summed E-state index contributed by atoms with van der Waals surface area (Å²) < 4.78 is 0. The van der Waals surface area contributed by atoms with Crippen molar-refractivity contribution in [2.45, 2.75) is 39.0 Å². The zero-order chi connectivity index (χ0) is 6.24. The molecule has 0 aromatic heterocycles. The Labute approximate surface area is 113 Å². The molecular formula is C8H18Al2OTi. The topological polar surface area (TPSA) is 31.5 Å². The molecule has 2 N–H and O–H groups in total. The molecule has 0 aliphatic rings. The molecule has 6 radical (unpaired) electrons. The molecule has 0 saturated heterocycles. The number of allylic oxidation sites excluding steroid dienone is 1. The van der Waals surface area contributed by atoms with E-state index >= 15 is 0 Å². The van der Waals surface area contributed by atoms with E-state index in [1.165, 1.54) is 32.1 Å². The predicted molar refractivity (Wildman–Crippen MR) is 54.1 cm³/mol. The van der Waals surface area contributed by atoms with Gasteiger partial charge in [-0.2, -0.15) is 0 Å². The fourth-order valence-corrected chi connectivity index (χ4v) is 0.715. The summed E-state index contributed by atoms with van der Waals surface area (Å²) in [6.45, 7) is 5.89. The zero-order valence-electron chi connectivity index (χ0n) is 7.97. The van der Waals surface area contributed by atoms with E-state index in [0.717, 1.165) is 0 Å². The third-order valence-corrected chi connectivity index (χ3v) is 1.26. The molecular weight excluding hydrogens is 214 g/mol. The van der Waals surface area contributed by atoms with Crippen molar-refractivity contribution >= 4 is 34.7 Å². The monoisotopic (exact) mass is 232 g/mol. The van der Waals surface area contributed by atoms with Crippen molar-refractivity contribution in [2.24, 2.45) is 0 Å². The van der Waals surface area contributed by atoms with E-state index in [9.17, 15) is 0 Å². The Bertz CT molecular complexity index is 63.0. The minimum Gasteiger partial charge on any atom is -0.412 e. The van der Waals surface area contributed by atoms with Gasteiger partial charge in [0.25, 0.3) is 0 Å². The van der Waals surface area contributed by atoms with E-state index in [2.05, 4.69) is 13.5 Å². The summed E-state index contributed by atoms with van der Waals surface area (Å²) in [6, 6.07) is 0. The van der Waals surface area contributed by atoms with Gasteiger partial charge in [0.1, 0.15) is 0 Å². The minimum absolute atomic E-state index is 0. The molecule has 0 unspecified atom stereocenters. The molecule has 0 aliphatic carbocycles. The van der Waals surface area contributed by atoms with Crippen LogP contribution in [0.1, 0.15) is 39.0 Å². The van der Waals surface area contributed by atoms with Gasteiger partial charge in [-0.25, -0.2) is 0 Å². The molecule has 0 heterocycles. The van der Waals surface area contributed by atoms with Crippen LogP contribution in [0.5, 0.6) is 0 Å². The van der Waals surface area contributed by atoms with Gasteiger partial charge in [-0.3, -0.25) is 0 Å². The van der Waals surface area contributed by atoms with E-state index in [-0.39, 0.29) is 61.9 Å². The molecule has 0 rings (SSSR count). The maximum atomic E-state index is 3.66. The summed E-state index contributed by atoms with van der Waals surface area (Å²) in [5.41, 5.74) is 0. The Balaban J connectivity index is -0.0000000408. The van der Waals surface area contributed by atoms with Crippen molar-refractivity contribution in [2.75, 3.05) is 0 Å². The maximum Gasteiger partial charge on any atom is 0 e. The molecule has 0 amide bonds. The first kappa shape index (κ1) is 29.2. The number of rotatable bonds is 5. The molecule has 0 aromatic carbocycles. The van der Waals surface area contributed by atoms with Crippen LogP contribution >= 0.6 is 0 Å². The first-order chi connectivity index (χ1) is 3.91. The van der Waals surface area contributed by atoms with E-state index in [4.69, 9.17) is 0 Å². The Morgan fingerprint density at radius 3 is 1.92 bits per heavy atom. The van der Waals surface area contributed by atoms with Gasteiger partial charge in [0.2, 0.25) is 0 Å². The van der Waals surface area contributed by atoms with Crippen LogP contribution in [-0.2, 0) is 21.7 Å². The molecule has 0 atom stereocenters. The molecule has 66 valence electrons. The molecule has 1 nitrogen and oxygen atoms in total. The molecule has 0 fully saturated rings. The third kappa shape index (κ3) is 30.0. The Morgan fingerprint density at radius 1 is 1.08 bits per heavy atom. The minimum atomic E-state index is 0. The summed E-state index contributed by atoms with van der Waals surface area (Å²) >= 11 is 0. The van der Waals surface area contributed by atoms with Gasteiger partial charge < -0.3 is 5.48 Å². The van der Waals surface area contributed by atoms with Crippen LogP contribution in [0.4, 0.5) is 0 Å². The normalized spacial score (nSPS) is 6.08. The molecule has 0 aromatic rings. The van der Waals surface area contributed by atoms with E-state index < -0.39 is 0 Å². The van der Waals surface area contributed by atoms with Crippen LogP contribution in [0.3, 0.4) is 0 Å². The molecule has 12 heavy (non-hydrogen) atoms. The van der Waals surface area contributed by atoms with E-state index in [1.807, 2.05) is 6.08 Å². The zero-order valence-corrected chi connectivity index (χ0v) is 11.8. The third-order valence-electron chi connectivity index (χ3n) is 1.26. The summed E-state index contributed by atoms with van der Waals surface area (Å²) in [7, 11) is 0. The van der Waals surface area contributed by atoms with Crippen molar-refractivity contribution in [1.82, 2.24) is 0 Å². The summed E-state index contributed by atoms with van der Waals surface area (Å²) in [5, 5.41) is 0. The van der Waals surface area contributed by atoms with Gasteiger partial charge in [-0.05, 0) is 12.8 Å². The van der Waals surface area contributed by atoms with E-state index in [1.54, 1.807) is 0 Å². The van der Waals surface area contributed by atoms with Gasteiger partial charge in [0.15, 0.2) is 0 Å². The van der Waals surface area contributed by atoms with Crippen LogP contribution in [0, 0.1) is 0 Å². The molecule has 0 saturated carbocycles. The van der Waals surface area contributed by atoms with E-state index in [0.29, 0.717) is 0 Å². The second-order valence-electron chi connectivity index (χ2n) is 2.14. The average molecular weight is 232 g/mol. The fraction of sp³-hybridized carbons (Fsp3) is 0.750. The van der Waals surface area contributed by atoms with Crippen molar-refractivity contribution in [1.29, 1.82) is 0 Å². The Morgan fingerprint density at radius 2 is 1.58 bits per heavy atom. The van der Waals surface area contributed by atoms with Gasteiger partial charge in [0, 0.05) is 56.4 Å². The molecule has 4 heteroatoms. The van der Waals surface area contributed by atoms with Crippen molar-refractivity contribution < 1.29 is 27.2 Å². The van der Waals surface area contributed by atoms with Gasteiger partial charge in [-0.1, -0.05) is 32.3 Å². The van der Waals surface area contributed by atoms with Crippen LogP contribution in [0.25, 0.3) is 0 Å². The van der Waals surface area contributed by atoms with Gasteiger partial charge in [0.05, 0.1) is 0 Å². The predicted octanol–water partition coefficient (Wildman–Crippen LogP) is 1.55. The fourth-order valence-electron chi connectivity index (χ4n) is 0.715. The second kappa shape index (κ2) is 29.4. The molecule has 0 aliphatic heterocycles. The van der Waals surface area contributed by atoms with Crippen LogP contribution < -0.4 is 0 Å². The summed E-state index contributed by atoms with van der Waals surface area (Å²) in [6.07, 6.45) is 8.61. The SMILES string of the molecule is C=CCCCCCC.O.[Al].[Al].[Ti]. The number of hydrogen-bond donors (Lipinski definition) is 0. The maximum absolute atomic E-state index is 3.66. The van der Waals surface area contributed by atoms with Crippen molar-refractivity contribution in [3.63, 3.8) is 0 Å². The van der Waals surface area contributed by atoms with Crippen LogP contribution in [-0.4, -0.2) is 40.2 Å². The summed E-state index contributed by atoms with van der Waals surface area (Å²) in [4.78, 5) is 0. The number of unbranched alkanes of at least 4 members (excludes halogenated alkanes) is 4. The van der Waals surface area contributed by atoms with Crippen LogP contribution in [0.2, 0.25) is 0 Å². The first-order valence-corrected chi connectivity index (χ1v) is 3.52. The van der Waals surface area contributed by atoms with Crippen molar-refractivity contribution in [3.8, 4) is 0 Å². The first-order valence-electron chi connectivity index (χ1n) is 3.52. The Hall–Kier alpha value is 1.48. The number of hydrogen-bond acceptors (Lipinski definition) is 0. The standard InChI is InChI=1S/C8H16.2Al.H2O.Ti/c1-3-5-7-8-6-4-2;;;;/h3H,1,4-8H2,2H3;;;1H2;. The summed E-state index contributed by atoms with van der Waals surface area (Å²) in [5.74, 6) is 0. The van der Waals surface area contributed by atoms with Crippen LogP contribution in [0.15, 0.2) is 12.7 Å². The largest absolute Gasteiger partial charge is 0.412 e. The second-order valence-corrected chi connectivity index (χ2v) is 2.14. The quantitative estimate of drug-likeness (QED) is 0.391. The smallest absolute Gasteiger partial charge is 0 e. The molecule has 0 bridgehead atoms. The van der Waals surface area contributed by atoms with Gasteiger partial charge in [-0.15, -0.1) is 6.58 Å². The van der Waals surface area contributed by atoms with Gasteiger partial charge >= 0.3 is 0 Å². The van der Waals surface area contributed by atoms with Crippen molar-refractivity contribution in [3.05, 3.63) is 12.7 Å².